The SMILES string of the molecule is COC(=O)C12CNCCC1C1C=CC2O1. The predicted molar refractivity (Wildman–Crippen MR) is 53.2 cm³/mol. The number of hydrogen-bond donors (Lipinski definition) is 1. The number of esters is 1. The van der Waals surface area contributed by atoms with E-state index in [0.717, 1.165) is 13.0 Å². The topological polar surface area (TPSA) is 47.6 Å². The quantitative estimate of drug-likeness (QED) is 0.491. The zero-order valence-corrected chi connectivity index (χ0v) is 8.73. The fourth-order valence-corrected chi connectivity index (χ4v) is 3.23. The predicted octanol–water partition coefficient (Wildman–Crippen LogP) is 0.0925. The molecule has 2 bridgehead atoms. The van der Waals surface area contributed by atoms with E-state index in [4.69, 9.17) is 9.47 Å². The van der Waals surface area contributed by atoms with E-state index in [9.17, 15) is 4.79 Å². The van der Waals surface area contributed by atoms with Crippen LogP contribution < -0.4 is 5.32 Å². The summed E-state index contributed by atoms with van der Waals surface area (Å²) in [5.74, 6) is 0.165. The monoisotopic (exact) mass is 209 g/mol. The summed E-state index contributed by atoms with van der Waals surface area (Å²) < 4.78 is 10.7. The zero-order valence-electron chi connectivity index (χ0n) is 8.73. The molecule has 3 rings (SSSR count). The van der Waals surface area contributed by atoms with Crippen molar-refractivity contribution in [3.8, 4) is 0 Å². The Morgan fingerprint density at radius 2 is 2.47 bits per heavy atom. The van der Waals surface area contributed by atoms with Crippen molar-refractivity contribution in [1.82, 2.24) is 5.32 Å². The summed E-state index contributed by atoms with van der Waals surface area (Å²) in [6, 6.07) is 0. The minimum atomic E-state index is -0.466. The summed E-state index contributed by atoms with van der Waals surface area (Å²) >= 11 is 0. The van der Waals surface area contributed by atoms with Gasteiger partial charge in [-0.3, -0.25) is 4.79 Å². The summed E-state index contributed by atoms with van der Waals surface area (Å²) in [4.78, 5) is 12.0. The first kappa shape index (κ1) is 9.36. The number of carbonyl (C=O) groups excluding carboxylic acids is 1. The third-order valence-electron chi connectivity index (χ3n) is 3.96. The summed E-state index contributed by atoms with van der Waals surface area (Å²) in [5, 5.41) is 3.28. The van der Waals surface area contributed by atoms with Crippen molar-refractivity contribution < 1.29 is 14.3 Å². The van der Waals surface area contributed by atoms with E-state index < -0.39 is 5.41 Å². The minimum absolute atomic E-state index is 0.0900. The number of methoxy groups -OCH3 is 1. The van der Waals surface area contributed by atoms with Crippen LogP contribution in [0.25, 0.3) is 0 Å². The molecule has 0 aromatic carbocycles. The van der Waals surface area contributed by atoms with Gasteiger partial charge in [-0.25, -0.2) is 0 Å². The van der Waals surface area contributed by atoms with Crippen molar-refractivity contribution >= 4 is 5.97 Å². The normalized spacial score (nSPS) is 46.6. The molecule has 0 radical (unpaired) electrons. The highest BCUT2D eigenvalue weighted by Gasteiger charge is 2.63. The van der Waals surface area contributed by atoms with Crippen LogP contribution in [0.5, 0.6) is 0 Å². The fraction of sp³-hybridized carbons (Fsp3) is 0.727. The van der Waals surface area contributed by atoms with Crippen LogP contribution in [-0.4, -0.2) is 38.4 Å². The van der Waals surface area contributed by atoms with E-state index >= 15 is 0 Å². The number of ether oxygens (including phenoxy) is 2. The number of rotatable bonds is 1. The molecule has 2 saturated heterocycles. The largest absolute Gasteiger partial charge is 0.468 e. The Kier molecular flexibility index (Phi) is 1.91. The summed E-state index contributed by atoms with van der Waals surface area (Å²) in [6.45, 7) is 1.64. The van der Waals surface area contributed by atoms with E-state index in [-0.39, 0.29) is 18.2 Å². The first-order chi connectivity index (χ1) is 7.29. The lowest BCUT2D eigenvalue weighted by atomic mass is 9.65. The number of fused-ring (bicyclic) bond motifs is 5. The zero-order chi connectivity index (χ0) is 10.5. The molecule has 0 aromatic heterocycles. The lowest BCUT2D eigenvalue weighted by Gasteiger charge is -2.40. The van der Waals surface area contributed by atoms with Crippen LogP contribution in [-0.2, 0) is 14.3 Å². The fourth-order valence-electron chi connectivity index (χ4n) is 3.23. The highest BCUT2D eigenvalue weighted by Crippen LogP contribution is 2.51. The molecule has 0 aliphatic carbocycles. The van der Waals surface area contributed by atoms with Crippen LogP contribution in [0.2, 0.25) is 0 Å². The van der Waals surface area contributed by atoms with E-state index in [1.165, 1.54) is 7.11 Å². The molecule has 4 unspecified atom stereocenters. The Hall–Kier alpha value is -0.870. The molecule has 4 heteroatoms. The van der Waals surface area contributed by atoms with Crippen LogP contribution in [0.3, 0.4) is 0 Å². The van der Waals surface area contributed by atoms with Gasteiger partial charge in [0.1, 0.15) is 5.41 Å². The average molecular weight is 209 g/mol. The van der Waals surface area contributed by atoms with Gasteiger partial charge in [0, 0.05) is 12.5 Å². The maximum Gasteiger partial charge on any atom is 0.316 e. The maximum atomic E-state index is 12.0. The smallest absolute Gasteiger partial charge is 0.316 e. The Morgan fingerprint density at radius 3 is 3.27 bits per heavy atom. The van der Waals surface area contributed by atoms with Crippen molar-refractivity contribution in [2.75, 3.05) is 20.2 Å². The molecule has 82 valence electrons. The molecule has 4 atom stereocenters. The van der Waals surface area contributed by atoms with Crippen molar-refractivity contribution in [3.05, 3.63) is 12.2 Å². The summed E-state index contributed by atoms with van der Waals surface area (Å²) in [6.07, 6.45) is 5.11. The van der Waals surface area contributed by atoms with Gasteiger partial charge in [-0.15, -0.1) is 0 Å². The van der Waals surface area contributed by atoms with Gasteiger partial charge in [-0.1, -0.05) is 12.2 Å². The Labute approximate surface area is 88.6 Å². The average Bonchev–Trinajstić information content (AvgIpc) is 2.88. The molecule has 1 N–H and O–H groups in total. The molecular formula is C11H15NO3. The van der Waals surface area contributed by atoms with Gasteiger partial charge in [-0.2, -0.15) is 0 Å². The second-order valence-electron chi connectivity index (χ2n) is 4.51. The van der Waals surface area contributed by atoms with E-state index in [1.807, 2.05) is 6.08 Å². The lowest BCUT2D eigenvalue weighted by Crippen LogP contribution is -2.56. The second-order valence-corrected chi connectivity index (χ2v) is 4.51. The van der Waals surface area contributed by atoms with E-state index in [0.29, 0.717) is 12.5 Å². The van der Waals surface area contributed by atoms with Gasteiger partial charge in [-0.05, 0) is 13.0 Å². The van der Waals surface area contributed by atoms with Gasteiger partial charge < -0.3 is 14.8 Å². The third kappa shape index (κ3) is 1.01. The van der Waals surface area contributed by atoms with Crippen molar-refractivity contribution in [3.63, 3.8) is 0 Å². The molecule has 3 aliphatic heterocycles. The van der Waals surface area contributed by atoms with Gasteiger partial charge in [0.05, 0.1) is 19.3 Å². The molecule has 0 saturated carbocycles. The Bertz CT molecular complexity index is 328. The molecule has 3 heterocycles. The van der Waals surface area contributed by atoms with E-state index in [1.54, 1.807) is 0 Å². The molecule has 0 amide bonds. The first-order valence-corrected chi connectivity index (χ1v) is 5.42. The van der Waals surface area contributed by atoms with Crippen LogP contribution in [0, 0.1) is 11.3 Å². The Balaban J connectivity index is 2.02. The Morgan fingerprint density at radius 1 is 1.60 bits per heavy atom. The lowest BCUT2D eigenvalue weighted by molar-refractivity contribution is -0.158. The van der Waals surface area contributed by atoms with Crippen LogP contribution in [0.4, 0.5) is 0 Å². The van der Waals surface area contributed by atoms with E-state index in [2.05, 4.69) is 11.4 Å². The van der Waals surface area contributed by atoms with Gasteiger partial charge in [0.15, 0.2) is 0 Å². The molecule has 0 spiro atoms. The third-order valence-corrected chi connectivity index (χ3v) is 3.96. The standard InChI is InChI=1S/C11H15NO3/c1-14-10(13)11-6-12-5-4-7(11)8-2-3-9(11)15-8/h2-3,7-9,12H,4-6H2,1H3. The summed E-state index contributed by atoms with van der Waals surface area (Å²) in [5.41, 5.74) is -0.466. The van der Waals surface area contributed by atoms with Crippen molar-refractivity contribution in [2.24, 2.45) is 11.3 Å². The van der Waals surface area contributed by atoms with Crippen molar-refractivity contribution in [2.45, 2.75) is 18.6 Å². The highest BCUT2D eigenvalue weighted by atomic mass is 16.5. The first-order valence-electron chi connectivity index (χ1n) is 5.42. The van der Waals surface area contributed by atoms with Crippen LogP contribution in [0.1, 0.15) is 6.42 Å². The molecule has 15 heavy (non-hydrogen) atoms. The molecule has 0 aromatic rings. The van der Waals surface area contributed by atoms with Crippen LogP contribution >= 0.6 is 0 Å². The van der Waals surface area contributed by atoms with Crippen LogP contribution in [0.15, 0.2) is 12.2 Å². The molecule has 2 fully saturated rings. The number of nitrogens with one attached hydrogen (secondary N) is 1. The maximum absolute atomic E-state index is 12.0. The molecule has 4 nitrogen and oxygen atoms in total. The minimum Gasteiger partial charge on any atom is -0.468 e. The number of carbonyl (C=O) groups is 1. The molecular weight excluding hydrogens is 194 g/mol. The summed E-state index contributed by atoms with van der Waals surface area (Å²) in [7, 11) is 1.46. The second kappa shape index (κ2) is 3.06. The highest BCUT2D eigenvalue weighted by molar-refractivity contribution is 5.80. The van der Waals surface area contributed by atoms with Gasteiger partial charge in [0.2, 0.25) is 0 Å². The number of piperidine rings is 1. The van der Waals surface area contributed by atoms with Crippen molar-refractivity contribution in [1.29, 1.82) is 0 Å². The van der Waals surface area contributed by atoms with Gasteiger partial charge >= 0.3 is 5.97 Å². The number of hydrogen-bond acceptors (Lipinski definition) is 4. The van der Waals surface area contributed by atoms with Gasteiger partial charge in [0.25, 0.3) is 0 Å². The molecule has 3 aliphatic rings.